The number of halogens is 3. The number of urea groups is 1. The van der Waals surface area contributed by atoms with Gasteiger partial charge in [0, 0.05) is 6.54 Å². The smallest absolute Gasteiger partial charge is 0.352 e. The number of nitrogens with one attached hydrogen (secondary N) is 1. The largest absolute Gasteiger partial charge is 0.408 e. The molecule has 1 saturated heterocycles. The van der Waals surface area contributed by atoms with Crippen molar-refractivity contribution in [2.45, 2.75) is 44.9 Å². The van der Waals surface area contributed by atoms with Crippen molar-refractivity contribution in [3.05, 3.63) is 0 Å². The van der Waals surface area contributed by atoms with Crippen molar-refractivity contribution in [1.82, 2.24) is 10.2 Å². The lowest BCUT2D eigenvalue weighted by Crippen LogP contribution is -2.55. The maximum absolute atomic E-state index is 12.8. The van der Waals surface area contributed by atoms with Crippen molar-refractivity contribution < 1.29 is 22.8 Å². The summed E-state index contributed by atoms with van der Waals surface area (Å²) in [4.78, 5) is 23.8. The zero-order chi connectivity index (χ0) is 14.8. The van der Waals surface area contributed by atoms with E-state index in [0.29, 0.717) is 6.42 Å². The average Bonchev–Trinajstić information content (AvgIpc) is 2.72. The number of hydrogen-bond acceptors (Lipinski definition) is 2. The summed E-state index contributed by atoms with van der Waals surface area (Å²) in [6.45, 7) is 3.32. The van der Waals surface area contributed by atoms with E-state index in [1.54, 1.807) is 13.8 Å². The summed E-state index contributed by atoms with van der Waals surface area (Å²) < 4.78 is 38.4. The molecule has 0 aromatic carbocycles. The molecule has 1 fully saturated rings. The van der Waals surface area contributed by atoms with Gasteiger partial charge in [-0.3, -0.25) is 4.79 Å². The van der Waals surface area contributed by atoms with E-state index in [1.807, 2.05) is 0 Å². The number of rotatable bonds is 3. The molecule has 0 radical (unpaired) electrons. The number of nitrogens with zero attached hydrogens (tertiary/aromatic N) is 1. The van der Waals surface area contributed by atoms with Crippen LogP contribution in [-0.4, -0.2) is 41.6 Å². The summed E-state index contributed by atoms with van der Waals surface area (Å²) in [5.74, 6) is -1.07. The highest BCUT2D eigenvalue weighted by Gasteiger charge is 2.49. The van der Waals surface area contributed by atoms with E-state index in [1.165, 1.54) is 0 Å². The lowest BCUT2D eigenvalue weighted by molar-refractivity contribution is -0.183. The molecule has 3 amide bonds. The number of primary amides is 1. The molecule has 0 bridgehead atoms. The SMILES string of the molecule is CC(C)[C@H](NC(N)=O)C(=O)N1CCCC1C(F)(F)F. The molecule has 19 heavy (non-hydrogen) atoms. The van der Waals surface area contributed by atoms with Crippen LogP contribution in [0.25, 0.3) is 0 Å². The molecule has 1 rings (SSSR count). The van der Waals surface area contributed by atoms with Gasteiger partial charge in [-0.25, -0.2) is 4.79 Å². The van der Waals surface area contributed by atoms with Gasteiger partial charge in [0.2, 0.25) is 5.91 Å². The molecule has 0 aliphatic carbocycles. The van der Waals surface area contributed by atoms with E-state index in [4.69, 9.17) is 5.73 Å². The number of likely N-dealkylation sites (tertiary alicyclic amines) is 1. The van der Waals surface area contributed by atoms with E-state index < -0.39 is 30.2 Å². The van der Waals surface area contributed by atoms with Crippen LogP contribution in [0.4, 0.5) is 18.0 Å². The maximum atomic E-state index is 12.8. The molecule has 1 heterocycles. The predicted molar refractivity (Wildman–Crippen MR) is 62.1 cm³/mol. The van der Waals surface area contributed by atoms with Crippen molar-refractivity contribution in [2.24, 2.45) is 11.7 Å². The first kappa shape index (κ1) is 15.6. The Kier molecular flexibility index (Phi) is 4.65. The molecule has 0 aromatic heterocycles. The molecule has 0 spiro atoms. The third-order valence-electron chi connectivity index (χ3n) is 3.14. The van der Waals surface area contributed by atoms with Gasteiger partial charge < -0.3 is 16.0 Å². The summed E-state index contributed by atoms with van der Waals surface area (Å²) in [5.41, 5.74) is 4.95. The lowest BCUT2D eigenvalue weighted by Gasteiger charge is -2.31. The first-order valence-corrected chi connectivity index (χ1v) is 6.07. The normalized spacial score (nSPS) is 21.6. The molecule has 3 N–H and O–H groups in total. The second-order valence-electron chi connectivity index (χ2n) is 4.96. The predicted octanol–water partition coefficient (Wildman–Crippen LogP) is 1.23. The van der Waals surface area contributed by atoms with Crippen molar-refractivity contribution in [1.29, 1.82) is 0 Å². The highest BCUT2D eigenvalue weighted by Crippen LogP contribution is 2.33. The van der Waals surface area contributed by atoms with Gasteiger partial charge in [-0.15, -0.1) is 0 Å². The molecule has 5 nitrogen and oxygen atoms in total. The minimum absolute atomic E-state index is 0.0483. The first-order chi connectivity index (χ1) is 8.64. The minimum Gasteiger partial charge on any atom is -0.352 e. The van der Waals surface area contributed by atoms with Crippen LogP contribution in [0.5, 0.6) is 0 Å². The van der Waals surface area contributed by atoms with Crippen LogP contribution in [0.1, 0.15) is 26.7 Å². The second-order valence-corrected chi connectivity index (χ2v) is 4.96. The third-order valence-corrected chi connectivity index (χ3v) is 3.14. The summed E-state index contributed by atoms with van der Waals surface area (Å²) in [5, 5.41) is 2.21. The van der Waals surface area contributed by atoms with Crippen LogP contribution in [0.15, 0.2) is 0 Å². The zero-order valence-corrected chi connectivity index (χ0v) is 10.8. The Bertz CT molecular complexity index is 358. The second kappa shape index (κ2) is 5.66. The number of hydrogen-bond donors (Lipinski definition) is 2. The fourth-order valence-corrected chi connectivity index (χ4v) is 2.22. The van der Waals surface area contributed by atoms with Gasteiger partial charge in [-0.2, -0.15) is 13.2 Å². The average molecular weight is 281 g/mol. The Morgan fingerprint density at radius 3 is 2.37 bits per heavy atom. The lowest BCUT2D eigenvalue weighted by atomic mass is 10.0. The minimum atomic E-state index is -4.44. The summed E-state index contributed by atoms with van der Waals surface area (Å²) in [6.07, 6.45) is -4.24. The Labute approximate surface area is 109 Å². The topological polar surface area (TPSA) is 75.4 Å². The number of nitrogens with two attached hydrogens (primary N) is 1. The summed E-state index contributed by atoms with van der Waals surface area (Å²) >= 11 is 0. The summed E-state index contributed by atoms with van der Waals surface area (Å²) in [6, 6.07) is -3.72. The van der Waals surface area contributed by atoms with E-state index in [-0.39, 0.29) is 18.9 Å². The Hall–Kier alpha value is -1.47. The molecule has 110 valence electrons. The monoisotopic (exact) mass is 281 g/mol. The molecule has 1 aliphatic rings. The third kappa shape index (κ3) is 3.74. The number of carbonyl (C=O) groups is 2. The van der Waals surface area contributed by atoms with Gasteiger partial charge in [-0.1, -0.05) is 13.8 Å². The molecule has 1 aliphatic heterocycles. The first-order valence-electron chi connectivity index (χ1n) is 6.07. The van der Waals surface area contributed by atoms with Crippen molar-refractivity contribution in [3.63, 3.8) is 0 Å². The van der Waals surface area contributed by atoms with Crippen molar-refractivity contribution in [2.75, 3.05) is 6.54 Å². The van der Waals surface area contributed by atoms with Crippen LogP contribution >= 0.6 is 0 Å². The molecular formula is C11H18F3N3O2. The zero-order valence-electron chi connectivity index (χ0n) is 10.8. The van der Waals surface area contributed by atoms with E-state index >= 15 is 0 Å². The molecule has 2 atom stereocenters. The molecule has 1 unspecified atom stereocenters. The van der Waals surface area contributed by atoms with Gasteiger partial charge >= 0.3 is 12.2 Å². The highest BCUT2D eigenvalue weighted by atomic mass is 19.4. The van der Waals surface area contributed by atoms with Crippen LogP contribution in [0.3, 0.4) is 0 Å². The molecule has 8 heteroatoms. The quantitative estimate of drug-likeness (QED) is 0.816. The highest BCUT2D eigenvalue weighted by molar-refractivity contribution is 5.87. The fourth-order valence-electron chi connectivity index (χ4n) is 2.22. The molecular weight excluding hydrogens is 263 g/mol. The van der Waals surface area contributed by atoms with Gasteiger partial charge in [0.1, 0.15) is 12.1 Å². The Morgan fingerprint density at radius 1 is 1.37 bits per heavy atom. The maximum Gasteiger partial charge on any atom is 0.408 e. The van der Waals surface area contributed by atoms with Crippen LogP contribution < -0.4 is 11.1 Å². The number of alkyl halides is 3. The Morgan fingerprint density at radius 2 is 1.95 bits per heavy atom. The molecule has 0 saturated carbocycles. The Balaban J connectivity index is 2.87. The number of amides is 3. The fraction of sp³-hybridized carbons (Fsp3) is 0.818. The standard InChI is InChI=1S/C11H18F3N3O2/c1-6(2)8(16-10(15)19)9(18)17-5-3-4-7(17)11(12,13)14/h6-8H,3-5H2,1-2H3,(H3,15,16,19)/t7?,8-/m0/s1. The van der Waals surface area contributed by atoms with Gasteiger partial charge in [-0.05, 0) is 18.8 Å². The van der Waals surface area contributed by atoms with Crippen LogP contribution in [0, 0.1) is 5.92 Å². The van der Waals surface area contributed by atoms with Crippen LogP contribution in [0.2, 0.25) is 0 Å². The van der Waals surface area contributed by atoms with Gasteiger partial charge in [0.25, 0.3) is 0 Å². The van der Waals surface area contributed by atoms with E-state index in [2.05, 4.69) is 5.32 Å². The van der Waals surface area contributed by atoms with Crippen LogP contribution in [-0.2, 0) is 4.79 Å². The molecule has 0 aromatic rings. The number of carbonyl (C=O) groups excluding carboxylic acids is 2. The van der Waals surface area contributed by atoms with E-state index in [0.717, 1.165) is 4.90 Å². The van der Waals surface area contributed by atoms with Crippen molar-refractivity contribution >= 4 is 11.9 Å². The van der Waals surface area contributed by atoms with Gasteiger partial charge in [0.15, 0.2) is 0 Å². The van der Waals surface area contributed by atoms with E-state index in [9.17, 15) is 22.8 Å². The summed E-state index contributed by atoms with van der Waals surface area (Å²) in [7, 11) is 0. The van der Waals surface area contributed by atoms with Gasteiger partial charge in [0.05, 0.1) is 0 Å². The van der Waals surface area contributed by atoms with Crippen molar-refractivity contribution in [3.8, 4) is 0 Å².